The molecule has 0 amide bonds. The van der Waals surface area contributed by atoms with Crippen molar-refractivity contribution in [2.45, 2.75) is 33.2 Å². The first-order chi connectivity index (χ1) is 9.69. The zero-order valence-corrected chi connectivity index (χ0v) is 12.6. The zero-order valence-electron chi connectivity index (χ0n) is 12.6. The molecule has 2 aliphatic heterocycles. The number of ether oxygens (including phenoxy) is 2. The minimum atomic E-state index is 0.549. The highest BCUT2D eigenvalue weighted by molar-refractivity contribution is 5.77. The third-order valence-corrected chi connectivity index (χ3v) is 3.97. The number of hydrogen-bond acceptors (Lipinski definition) is 4. The first kappa shape index (κ1) is 13.4. The van der Waals surface area contributed by atoms with Gasteiger partial charge in [0.2, 0.25) is 0 Å². The molecule has 3 rings (SSSR count). The number of hydrogen-bond donors (Lipinski definition) is 1. The molecule has 1 unspecified atom stereocenters. The van der Waals surface area contributed by atoms with Gasteiger partial charge in [-0.25, -0.2) is 0 Å². The van der Waals surface area contributed by atoms with Crippen molar-refractivity contribution in [2.24, 2.45) is 5.92 Å². The molecular weight excluding hydrogens is 252 g/mol. The van der Waals surface area contributed by atoms with E-state index in [1.807, 2.05) is 0 Å². The van der Waals surface area contributed by atoms with Crippen LogP contribution in [-0.4, -0.2) is 32.3 Å². The maximum atomic E-state index is 5.73. The maximum absolute atomic E-state index is 5.73. The van der Waals surface area contributed by atoms with Crippen molar-refractivity contribution in [1.29, 1.82) is 0 Å². The van der Waals surface area contributed by atoms with E-state index in [-0.39, 0.29) is 0 Å². The average Bonchev–Trinajstić information content (AvgIpc) is 2.45. The van der Waals surface area contributed by atoms with Gasteiger partial charge in [-0.3, -0.25) is 0 Å². The Morgan fingerprint density at radius 2 is 1.95 bits per heavy atom. The Labute approximate surface area is 121 Å². The van der Waals surface area contributed by atoms with Gasteiger partial charge in [-0.1, -0.05) is 20.8 Å². The third kappa shape index (κ3) is 2.39. The molecule has 0 spiro atoms. The SMILES string of the molecule is CCC1CNc2cc3c(cc2N1CC(C)C)OCCO3. The first-order valence-corrected chi connectivity index (χ1v) is 7.63. The molecule has 1 atom stereocenters. The topological polar surface area (TPSA) is 33.7 Å². The fourth-order valence-corrected chi connectivity index (χ4v) is 3.00. The number of fused-ring (bicyclic) bond motifs is 2. The molecule has 0 aliphatic carbocycles. The van der Waals surface area contributed by atoms with Gasteiger partial charge < -0.3 is 19.7 Å². The van der Waals surface area contributed by atoms with Crippen LogP contribution < -0.4 is 19.7 Å². The molecule has 2 aliphatic rings. The van der Waals surface area contributed by atoms with Crippen LogP contribution >= 0.6 is 0 Å². The van der Waals surface area contributed by atoms with Crippen molar-refractivity contribution >= 4 is 11.4 Å². The van der Waals surface area contributed by atoms with Gasteiger partial charge in [0, 0.05) is 31.3 Å². The van der Waals surface area contributed by atoms with E-state index in [4.69, 9.17) is 9.47 Å². The predicted molar refractivity (Wildman–Crippen MR) is 82.2 cm³/mol. The van der Waals surface area contributed by atoms with Gasteiger partial charge in [0.15, 0.2) is 11.5 Å². The first-order valence-electron chi connectivity index (χ1n) is 7.63. The van der Waals surface area contributed by atoms with E-state index in [0.717, 1.165) is 31.0 Å². The summed E-state index contributed by atoms with van der Waals surface area (Å²) in [5.74, 6) is 2.38. The predicted octanol–water partition coefficient (Wildman–Crippen LogP) is 3.12. The van der Waals surface area contributed by atoms with Crippen molar-refractivity contribution in [3.05, 3.63) is 12.1 Å². The summed E-state index contributed by atoms with van der Waals surface area (Å²) in [6.45, 7) is 10.1. The summed E-state index contributed by atoms with van der Waals surface area (Å²) >= 11 is 0. The Hall–Kier alpha value is -1.58. The minimum absolute atomic E-state index is 0.549. The van der Waals surface area contributed by atoms with Gasteiger partial charge in [0.1, 0.15) is 13.2 Å². The molecule has 1 aromatic rings. The van der Waals surface area contributed by atoms with Gasteiger partial charge in [0.05, 0.1) is 11.4 Å². The molecule has 4 nitrogen and oxygen atoms in total. The summed E-state index contributed by atoms with van der Waals surface area (Å²) in [6.07, 6.45) is 1.15. The number of rotatable bonds is 3. The van der Waals surface area contributed by atoms with Crippen molar-refractivity contribution in [1.82, 2.24) is 0 Å². The van der Waals surface area contributed by atoms with E-state index in [1.165, 1.54) is 11.4 Å². The largest absolute Gasteiger partial charge is 0.486 e. The maximum Gasteiger partial charge on any atom is 0.163 e. The number of benzene rings is 1. The summed E-state index contributed by atoms with van der Waals surface area (Å²) in [6, 6.07) is 4.77. The normalized spacial score (nSPS) is 20.6. The van der Waals surface area contributed by atoms with E-state index in [2.05, 4.69) is 43.1 Å². The molecular formula is C16H24N2O2. The van der Waals surface area contributed by atoms with Crippen molar-refractivity contribution in [3.63, 3.8) is 0 Å². The minimum Gasteiger partial charge on any atom is -0.486 e. The summed E-state index contributed by atoms with van der Waals surface area (Å²) < 4.78 is 11.4. The summed E-state index contributed by atoms with van der Waals surface area (Å²) in [4.78, 5) is 2.52. The quantitative estimate of drug-likeness (QED) is 0.919. The molecule has 2 heterocycles. The van der Waals surface area contributed by atoms with Crippen molar-refractivity contribution in [2.75, 3.05) is 36.5 Å². The smallest absolute Gasteiger partial charge is 0.163 e. The van der Waals surface area contributed by atoms with E-state index in [1.54, 1.807) is 0 Å². The Kier molecular flexibility index (Phi) is 3.64. The lowest BCUT2D eigenvalue weighted by atomic mass is 10.0. The molecule has 1 N–H and O–H groups in total. The Balaban J connectivity index is 1.98. The van der Waals surface area contributed by atoms with Gasteiger partial charge in [-0.15, -0.1) is 0 Å². The molecule has 0 aromatic heterocycles. The van der Waals surface area contributed by atoms with Crippen LogP contribution in [-0.2, 0) is 0 Å². The van der Waals surface area contributed by atoms with E-state index in [9.17, 15) is 0 Å². The summed E-state index contributed by atoms with van der Waals surface area (Å²) in [5.41, 5.74) is 2.42. The molecule has 0 saturated heterocycles. The van der Waals surface area contributed by atoms with E-state index < -0.39 is 0 Å². The molecule has 110 valence electrons. The second-order valence-electron chi connectivity index (χ2n) is 6.00. The highest BCUT2D eigenvalue weighted by atomic mass is 16.6. The molecule has 0 bridgehead atoms. The molecule has 1 aromatic carbocycles. The Bertz CT molecular complexity index is 488. The Morgan fingerprint density at radius 3 is 2.60 bits per heavy atom. The second-order valence-corrected chi connectivity index (χ2v) is 6.00. The number of nitrogens with one attached hydrogen (secondary N) is 1. The lowest BCUT2D eigenvalue weighted by molar-refractivity contribution is 0.171. The lowest BCUT2D eigenvalue weighted by Crippen LogP contribution is -2.45. The second kappa shape index (κ2) is 5.43. The van der Waals surface area contributed by atoms with Crippen LogP contribution in [0.2, 0.25) is 0 Å². The number of nitrogens with zero attached hydrogens (tertiary/aromatic N) is 1. The van der Waals surface area contributed by atoms with Gasteiger partial charge in [0.25, 0.3) is 0 Å². The van der Waals surface area contributed by atoms with Crippen molar-refractivity contribution in [3.8, 4) is 11.5 Å². The highest BCUT2D eigenvalue weighted by Crippen LogP contribution is 2.42. The van der Waals surface area contributed by atoms with Crippen LogP contribution in [0.3, 0.4) is 0 Å². The summed E-state index contributed by atoms with van der Waals surface area (Å²) in [5, 5.41) is 3.54. The third-order valence-electron chi connectivity index (χ3n) is 3.97. The Morgan fingerprint density at radius 1 is 1.25 bits per heavy atom. The van der Waals surface area contributed by atoms with Crippen LogP contribution in [0.4, 0.5) is 11.4 Å². The van der Waals surface area contributed by atoms with Crippen LogP contribution in [0, 0.1) is 5.92 Å². The molecule has 20 heavy (non-hydrogen) atoms. The van der Waals surface area contributed by atoms with Crippen LogP contribution in [0.25, 0.3) is 0 Å². The average molecular weight is 276 g/mol. The number of anilines is 2. The summed E-state index contributed by atoms with van der Waals surface area (Å²) in [7, 11) is 0. The molecule has 4 heteroatoms. The standard InChI is InChI=1S/C16H24N2O2/c1-4-12-9-17-13-7-15-16(20-6-5-19-15)8-14(13)18(12)10-11(2)3/h7-8,11-12,17H,4-6,9-10H2,1-3H3. The van der Waals surface area contributed by atoms with Crippen molar-refractivity contribution < 1.29 is 9.47 Å². The van der Waals surface area contributed by atoms with Crippen LogP contribution in [0.5, 0.6) is 11.5 Å². The fraction of sp³-hybridized carbons (Fsp3) is 0.625. The zero-order chi connectivity index (χ0) is 14.1. The van der Waals surface area contributed by atoms with E-state index >= 15 is 0 Å². The van der Waals surface area contributed by atoms with Gasteiger partial charge in [-0.05, 0) is 12.3 Å². The van der Waals surface area contributed by atoms with Crippen LogP contribution in [0.1, 0.15) is 27.2 Å². The lowest BCUT2D eigenvalue weighted by Gasteiger charge is -2.40. The highest BCUT2D eigenvalue weighted by Gasteiger charge is 2.28. The monoisotopic (exact) mass is 276 g/mol. The fourth-order valence-electron chi connectivity index (χ4n) is 3.00. The molecule has 0 radical (unpaired) electrons. The molecule has 0 fully saturated rings. The van der Waals surface area contributed by atoms with E-state index in [0.29, 0.717) is 25.2 Å². The van der Waals surface area contributed by atoms with Gasteiger partial charge in [-0.2, -0.15) is 0 Å². The molecule has 0 saturated carbocycles. The van der Waals surface area contributed by atoms with Crippen LogP contribution in [0.15, 0.2) is 12.1 Å². The van der Waals surface area contributed by atoms with Gasteiger partial charge >= 0.3 is 0 Å².